The Labute approximate surface area is 118 Å². The molecule has 19 heavy (non-hydrogen) atoms. The van der Waals surface area contributed by atoms with Gasteiger partial charge in [-0.3, -0.25) is 9.48 Å². The number of aromatic nitrogens is 2. The Hall–Kier alpha value is -1.82. The first-order chi connectivity index (χ1) is 9.02. The number of rotatable bonds is 4. The summed E-state index contributed by atoms with van der Waals surface area (Å²) in [6, 6.07) is 7.47. The number of methoxy groups -OCH3 is 1. The smallest absolute Gasteiger partial charge is 0.309 e. The van der Waals surface area contributed by atoms with Crippen LogP contribution in [-0.4, -0.2) is 28.0 Å². The van der Waals surface area contributed by atoms with Gasteiger partial charge < -0.3 is 9.84 Å². The number of carboxylic acids is 1. The van der Waals surface area contributed by atoms with Crippen LogP contribution in [0.15, 0.2) is 28.7 Å². The van der Waals surface area contributed by atoms with Crippen molar-refractivity contribution in [3.05, 3.63) is 34.4 Å². The fourth-order valence-electron chi connectivity index (χ4n) is 1.82. The van der Waals surface area contributed by atoms with E-state index in [4.69, 9.17) is 9.84 Å². The molecule has 1 aromatic heterocycles. The molecule has 2 aromatic rings. The lowest BCUT2D eigenvalue weighted by atomic mass is 10.1. The fourth-order valence-corrected chi connectivity index (χ4v) is 2.53. The standard InChI is InChI=1S/C13H13BrN2O3/c1-16-10(7-11(17)18)12(14)13(15-16)8-4-3-5-9(6-8)19-2/h3-6H,7H2,1-2H3,(H,17,18). The summed E-state index contributed by atoms with van der Waals surface area (Å²) in [5, 5.41) is 13.3. The van der Waals surface area contributed by atoms with E-state index < -0.39 is 5.97 Å². The van der Waals surface area contributed by atoms with Gasteiger partial charge in [0.25, 0.3) is 0 Å². The maximum absolute atomic E-state index is 10.8. The van der Waals surface area contributed by atoms with E-state index in [9.17, 15) is 4.79 Å². The second-order valence-electron chi connectivity index (χ2n) is 4.04. The predicted molar refractivity (Wildman–Crippen MR) is 74.2 cm³/mol. The van der Waals surface area contributed by atoms with Crippen molar-refractivity contribution in [2.45, 2.75) is 6.42 Å². The largest absolute Gasteiger partial charge is 0.497 e. The lowest BCUT2D eigenvalue weighted by molar-refractivity contribution is -0.136. The number of nitrogens with zero attached hydrogens (tertiary/aromatic N) is 2. The first-order valence-corrected chi connectivity index (χ1v) is 6.39. The van der Waals surface area contributed by atoms with Gasteiger partial charge in [-0.15, -0.1) is 0 Å². The summed E-state index contributed by atoms with van der Waals surface area (Å²) >= 11 is 3.43. The van der Waals surface area contributed by atoms with Gasteiger partial charge in [0, 0.05) is 12.6 Å². The molecule has 6 heteroatoms. The topological polar surface area (TPSA) is 64.4 Å². The molecule has 0 aliphatic heterocycles. The molecule has 100 valence electrons. The van der Waals surface area contributed by atoms with E-state index in [-0.39, 0.29) is 6.42 Å². The van der Waals surface area contributed by atoms with Crippen LogP contribution < -0.4 is 4.74 Å². The monoisotopic (exact) mass is 324 g/mol. The van der Waals surface area contributed by atoms with Gasteiger partial charge in [0.05, 0.1) is 23.7 Å². The van der Waals surface area contributed by atoms with Gasteiger partial charge in [-0.2, -0.15) is 5.10 Å². The van der Waals surface area contributed by atoms with Crippen molar-refractivity contribution in [2.75, 3.05) is 7.11 Å². The minimum atomic E-state index is -0.888. The summed E-state index contributed by atoms with van der Waals surface area (Å²) in [7, 11) is 3.33. The zero-order chi connectivity index (χ0) is 14.0. The molecule has 2 rings (SSSR count). The molecule has 0 bridgehead atoms. The molecule has 0 fully saturated rings. The molecule has 0 aliphatic carbocycles. The van der Waals surface area contributed by atoms with Crippen molar-refractivity contribution in [1.29, 1.82) is 0 Å². The Morgan fingerprint density at radius 3 is 2.89 bits per heavy atom. The molecule has 0 spiro atoms. The Kier molecular flexibility index (Phi) is 3.90. The average molecular weight is 325 g/mol. The molecular formula is C13H13BrN2O3. The van der Waals surface area contributed by atoms with E-state index in [1.54, 1.807) is 18.8 Å². The SMILES string of the molecule is COc1cccc(-c2nn(C)c(CC(=O)O)c2Br)c1. The summed E-state index contributed by atoms with van der Waals surface area (Å²) in [6.07, 6.45) is -0.0753. The molecule has 0 saturated carbocycles. The fraction of sp³-hybridized carbons (Fsp3) is 0.231. The zero-order valence-corrected chi connectivity index (χ0v) is 12.1. The second-order valence-corrected chi connectivity index (χ2v) is 4.83. The van der Waals surface area contributed by atoms with Crippen molar-refractivity contribution in [3.63, 3.8) is 0 Å². The van der Waals surface area contributed by atoms with Crippen LogP contribution in [0.5, 0.6) is 5.75 Å². The number of benzene rings is 1. The number of ether oxygens (including phenoxy) is 1. The van der Waals surface area contributed by atoms with E-state index in [1.807, 2.05) is 24.3 Å². The lowest BCUT2D eigenvalue weighted by Gasteiger charge is -2.02. The second kappa shape index (κ2) is 5.44. The van der Waals surface area contributed by atoms with Crippen LogP contribution in [-0.2, 0) is 18.3 Å². The highest BCUT2D eigenvalue weighted by Crippen LogP contribution is 2.32. The third kappa shape index (κ3) is 2.78. The summed E-state index contributed by atoms with van der Waals surface area (Å²) in [6.45, 7) is 0. The highest BCUT2D eigenvalue weighted by atomic mass is 79.9. The van der Waals surface area contributed by atoms with Crippen molar-refractivity contribution < 1.29 is 14.6 Å². The Morgan fingerprint density at radius 2 is 2.26 bits per heavy atom. The highest BCUT2D eigenvalue weighted by Gasteiger charge is 2.17. The van der Waals surface area contributed by atoms with Crippen molar-refractivity contribution >= 4 is 21.9 Å². The van der Waals surface area contributed by atoms with Crippen LogP contribution in [0.1, 0.15) is 5.69 Å². The molecule has 0 saturated heterocycles. The normalized spacial score (nSPS) is 10.5. The quantitative estimate of drug-likeness (QED) is 0.938. The van der Waals surface area contributed by atoms with E-state index in [1.165, 1.54) is 0 Å². The van der Waals surface area contributed by atoms with Gasteiger partial charge in [0.1, 0.15) is 11.4 Å². The number of aryl methyl sites for hydroxylation is 1. The Morgan fingerprint density at radius 1 is 1.53 bits per heavy atom. The third-order valence-corrected chi connectivity index (χ3v) is 3.60. The summed E-state index contributed by atoms with van der Waals surface area (Å²) in [5.41, 5.74) is 2.21. The summed E-state index contributed by atoms with van der Waals surface area (Å²) in [5.74, 6) is -0.157. The molecule has 0 unspecified atom stereocenters. The summed E-state index contributed by atoms with van der Waals surface area (Å²) in [4.78, 5) is 10.8. The van der Waals surface area contributed by atoms with Gasteiger partial charge in [-0.05, 0) is 28.1 Å². The van der Waals surface area contributed by atoms with Crippen LogP contribution in [0.2, 0.25) is 0 Å². The minimum absolute atomic E-state index is 0.0753. The molecule has 0 amide bonds. The van der Waals surface area contributed by atoms with E-state index in [0.717, 1.165) is 11.3 Å². The molecule has 1 N–H and O–H groups in total. The van der Waals surface area contributed by atoms with Crippen LogP contribution >= 0.6 is 15.9 Å². The van der Waals surface area contributed by atoms with Crippen LogP contribution in [0.3, 0.4) is 0 Å². The van der Waals surface area contributed by atoms with Gasteiger partial charge in [0.15, 0.2) is 0 Å². The number of aliphatic carboxylic acids is 1. The van der Waals surface area contributed by atoms with Gasteiger partial charge in [-0.1, -0.05) is 12.1 Å². The molecular weight excluding hydrogens is 312 g/mol. The first kappa shape index (κ1) is 13.6. The molecule has 0 aliphatic rings. The van der Waals surface area contributed by atoms with Crippen molar-refractivity contribution in [3.8, 4) is 17.0 Å². The molecule has 0 atom stereocenters. The highest BCUT2D eigenvalue weighted by molar-refractivity contribution is 9.10. The third-order valence-electron chi connectivity index (χ3n) is 2.76. The number of hydrogen-bond donors (Lipinski definition) is 1. The maximum atomic E-state index is 10.8. The van der Waals surface area contributed by atoms with E-state index in [0.29, 0.717) is 15.9 Å². The average Bonchev–Trinajstić information content (AvgIpc) is 2.66. The van der Waals surface area contributed by atoms with E-state index in [2.05, 4.69) is 21.0 Å². The molecule has 1 aromatic carbocycles. The van der Waals surface area contributed by atoms with Gasteiger partial charge in [-0.25, -0.2) is 0 Å². The van der Waals surface area contributed by atoms with E-state index >= 15 is 0 Å². The molecule has 0 radical (unpaired) electrons. The summed E-state index contributed by atoms with van der Waals surface area (Å²) < 4.78 is 7.45. The molecule has 1 heterocycles. The minimum Gasteiger partial charge on any atom is -0.497 e. The molecule has 5 nitrogen and oxygen atoms in total. The maximum Gasteiger partial charge on any atom is 0.309 e. The predicted octanol–water partition coefficient (Wildman–Crippen LogP) is 2.49. The number of hydrogen-bond acceptors (Lipinski definition) is 3. The Bertz CT molecular complexity index is 622. The Balaban J connectivity index is 2.48. The number of halogens is 1. The lowest BCUT2D eigenvalue weighted by Crippen LogP contribution is -2.06. The van der Waals surface area contributed by atoms with Crippen molar-refractivity contribution in [1.82, 2.24) is 9.78 Å². The van der Waals surface area contributed by atoms with Crippen LogP contribution in [0, 0.1) is 0 Å². The number of carboxylic acid groups (broad SMARTS) is 1. The van der Waals surface area contributed by atoms with Gasteiger partial charge in [0.2, 0.25) is 0 Å². The van der Waals surface area contributed by atoms with Crippen molar-refractivity contribution in [2.24, 2.45) is 7.05 Å². The number of carbonyl (C=O) groups is 1. The van der Waals surface area contributed by atoms with Crippen LogP contribution in [0.4, 0.5) is 0 Å². The zero-order valence-electron chi connectivity index (χ0n) is 10.6. The first-order valence-electron chi connectivity index (χ1n) is 5.60. The van der Waals surface area contributed by atoms with Gasteiger partial charge >= 0.3 is 5.97 Å². The van der Waals surface area contributed by atoms with Crippen LogP contribution in [0.25, 0.3) is 11.3 Å².